The molecule has 8 heteroatoms. The summed E-state index contributed by atoms with van der Waals surface area (Å²) in [5.74, 6) is 0. The van der Waals surface area contributed by atoms with Crippen LogP contribution in [0.5, 0.6) is 0 Å². The van der Waals surface area contributed by atoms with Gasteiger partial charge in [0, 0.05) is 12.6 Å². The van der Waals surface area contributed by atoms with Gasteiger partial charge in [0.1, 0.15) is 17.5 Å². The Morgan fingerprint density at radius 1 is 1.35 bits per heavy atom. The van der Waals surface area contributed by atoms with Crippen LogP contribution in [0.2, 0.25) is 10.0 Å². The first-order valence-electron chi connectivity index (χ1n) is 5.64. The normalized spacial score (nSPS) is 12.2. The van der Waals surface area contributed by atoms with Crippen molar-refractivity contribution in [3.05, 3.63) is 33.9 Å². The first kappa shape index (κ1) is 15.0. The van der Waals surface area contributed by atoms with Crippen LogP contribution in [0.25, 0.3) is 11.3 Å². The largest absolute Gasteiger partial charge is 0.530 e. The lowest BCUT2D eigenvalue weighted by Crippen LogP contribution is -2.40. The summed E-state index contributed by atoms with van der Waals surface area (Å²) >= 11 is 13.3. The molecule has 0 saturated carbocycles. The summed E-state index contributed by atoms with van der Waals surface area (Å²) in [5.41, 5.74) is 1.54. The molecule has 0 fully saturated rings. The number of nitrogens with zero attached hydrogens (tertiary/aromatic N) is 3. The summed E-state index contributed by atoms with van der Waals surface area (Å²) in [7, 11) is 1.41. The maximum atomic E-state index is 10.9. The van der Waals surface area contributed by atoms with Gasteiger partial charge in [0.05, 0.1) is 27.8 Å². The van der Waals surface area contributed by atoms with E-state index < -0.39 is 12.1 Å². The van der Waals surface area contributed by atoms with Gasteiger partial charge in [-0.1, -0.05) is 29.3 Å². The average molecular weight is 331 g/mol. The van der Waals surface area contributed by atoms with E-state index in [-0.39, 0.29) is 0 Å². The minimum absolute atomic E-state index is 0.440. The van der Waals surface area contributed by atoms with Gasteiger partial charge in [-0.3, -0.25) is 0 Å². The number of benzene rings is 1. The maximum Gasteiger partial charge on any atom is 0.137 e. The molecule has 0 N–H and O–H groups in total. The van der Waals surface area contributed by atoms with Crippen LogP contribution < -0.4 is 5.11 Å². The lowest BCUT2D eigenvalue weighted by atomic mass is 10.1. The topological polar surface area (TPSA) is 69.2 Å². The third-order valence-electron chi connectivity index (χ3n) is 2.98. The van der Waals surface area contributed by atoms with Crippen molar-refractivity contribution in [3.8, 4) is 11.3 Å². The van der Waals surface area contributed by atoms with Gasteiger partial charge in [-0.05, 0) is 19.1 Å². The zero-order chi connectivity index (χ0) is 14.9. The van der Waals surface area contributed by atoms with Crippen molar-refractivity contribution < 1.29 is 9.90 Å². The summed E-state index contributed by atoms with van der Waals surface area (Å²) in [6.07, 6.45) is -1.29. The number of hydrogen-bond acceptors (Lipinski definition) is 5. The molecule has 1 unspecified atom stereocenters. The van der Waals surface area contributed by atoms with Crippen LogP contribution in [0.4, 0.5) is 4.79 Å². The van der Waals surface area contributed by atoms with Gasteiger partial charge >= 0.3 is 0 Å². The second-order valence-electron chi connectivity index (χ2n) is 4.15. The van der Waals surface area contributed by atoms with Crippen LogP contribution in [0, 0.1) is 0 Å². The summed E-state index contributed by atoms with van der Waals surface area (Å²) in [5, 5.41) is 11.8. The Bertz CT molecular complexity index is 627. The monoisotopic (exact) mass is 330 g/mol. The second kappa shape index (κ2) is 5.95. The molecule has 0 aliphatic rings. The molecule has 106 valence electrons. The molecule has 1 aromatic carbocycles. The molecule has 1 amide bonds. The van der Waals surface area contributed by atoms with Crippen molar-refractivity contribution >= 4 is 41.0 Å². The van der Waals surface area contributed by atoms with E-state index in [4.69, 9.17) is 23.2 Å². The standard InChI is InChI=1S/C12H11Cl2N3O2S/c1-6(17(2)12(18)19)10-11(16-20-15-10)9-7(13)4-3-5-8(9)14/h3-6H,1-2H3,(H,18,19)/p-1. The Labute approximate surface area is 130 Å². The van der Waals surface area contributed by atoms with Crippen molar-refractivity contribution in [2.24, 2.45) is 0 Å². The van der Waals surface area contributed by atoms with Crippen LogP contribution in [-0.2, 0) is 0 Å². The molecule has 0 spiro atoms. The zero-order valence-corrected chi connectivity index (χ0v) is 13.0. The Hall–Kier alpha value is -1.37. The number of carboxylic acid groups (broad SMARTS) is 1. The fraction of sp³-hybridized carbons (Fsp3) is 0.250. The van der Waals surface area contributed by atoms with Crippen LogP contribution in [0.15, 0.2) is 18.2 Å². The molecular formula is C12H10Cl2N3O2S-. The number of rotatable bonds is 3. The first-order valence-corrected chi connectivity index (χ1v) is 7.12. The van der Waals surface area contributed by atoms with Gasteiger partial charge in [0.2, 0.25) is 0 Å². The highest BCUT2D eigenvalue weighted by molar-refractivity contribution is 6.99. The van der Waals surface area contributed by atoms with E-state index in [0.717, 1.165) is 16.6 Å². The lowest BCUT2D eigenvalue weighted by molar-refractivity contribution is -0.266. The molecule has 1 atom stereocenters. The maximum absolute atomic E-state index is 10.9. The predicted octanol–water partition coefficient (Wildman–Crippen LogP) is 2.85. The summed E-state index contributed by atoms with van der Waals surface area (Å²) in [4.78, 5) is 12.0. The van der Waals surface area contributed by atoms with Gasteiger partial charge in [0.25, 0.3) is 0 Å². The molecular weight excluding hydrogens is 321 g/mol. The molecule has 5 nitrogen and oxygen atoms in total. The highest BCUT2D eigenvalue weighted by Crippen LogP contribution is 2.37. The molecule has 0 radical (unpaired) electrons. The van der Waals surface area contributed by atoms with Crippen molar-refractivity contribution in [1.82, 2.24) is 13.6 Å². The van der Waals surface area contributed by atoms with Crippen LogP contribution in [0.1, 0.15) is 18.7 Å². The quantitative estimate of drug-likeness (QED) is 0.867. The van der Waals surface area contributed by atoms with Crippen LogP contribution in [0.3, 0.4) is 0 Å². The van der Waals surface area contributed by atoms with Gasteiger partial charge < -0.3 is 14.8 Å². The lowest BCUT2D eigenvalue weighted by Gasteiger charge is -2.26. The SMILES string of the molecule is CC(c1nsnc1-c1c(Cl)cccc1Cl)N(C)C(=O)[O-]. The van der Waals surface area contributed by atoms with Gasteiger partial charge in [-0.25, -0.2) is 0 Å². The minimum Gasteiger partial charge on any atom is -0.530 e. The minimum atomic E-state index is -1.29. The predicted molar refractivity (Wildman–Crippen MR) is 76.9 cm³/mol. The molecule has 0 aliphatic heterocycles. The molecule has 1 heterocycles. The second-order valence-corrected chi connectivity index (χ2v) is 5.49. The van der Waals surface area contributed by atoms with Gasteiger partial charge in [-0.15, -0.1) is 0 Å². The van der Waals surface area contributed by atoms with Crippen molar-refractivity contribution in [3.63, 3.8) is 0 Å². The van der Waals surface area contributed by atoms with E-state index in [1.807, 2.05) is 0 Å². The van der Waals surface area contributed by atoms with Crippen molar-refractivity contribution in [1.29, 1.82) is 0 Å². The molecule has 0 bridgehead atoms. The number of hydrogen-bond donors (Lipinski definition) is 0. The number of halogens is 2. The molecule has 0 saturated heterocycles. The summed E-state index contributed by atoms with van der Waals surface area (Å²) in [6, 6.07) is 4.60. The molecule has 2 rings (SSSR count). The van der Waals surface area contributed by atoms with E-state index >= 15 is 0 Å². The average Bonchev–Trinajstić information content (AvgIpc) is 2.85. The number of carbonyl (C=O) groups is 1. The smallest absolute Gasteiger partial charge is 0.137 e. The van der Waals surface area contributed by atoms with Gasteiger partial charge in [0.15, 0.2) is 0 Å². The van der Waals surface area contributed by atoms with E-state index in [9.17, 15) is 9.90 Å². The van der Waals surface area contributed by atoms with E-state index in [1.165, 1.54) is 7.05 Å². The Balaban J connectivity index is 2.51. The fourth-order valence-corrected chi connectivity index (χ4v) is 2.92. The zero-order valence-electron chi connectivity index (χ0n) is 10.6. The number of carbonyl (C=O) groups excluding carboxylic acids is 1. The van der Waals surface area contributed by atoms with Gasteiger partial charge in [-0.2, -0.15) is 8.75 Å². The highest BCUT2D eigenvalue weighted by atomic mass is 35.5. The van der Waals surface area contributed by atoms with Crippen molar-refractivity contribution in [2.75, 3.05) is 7.05 Å². The van der Waals surface area contributed by atoms with Crippen molar-refractivity contribution in [2.45, 2.75) is 13.0 Å². The van der Waals surface area contributed by atoms with E-state index in [0.29, 0.717) is 27.0 Å². The summed E-state index contributed by atoms with van der Waals surface area (Å²) in [6.45, 7) is 1.70. The Morgan fingerprint density at radius 2 is 1.95 bits per heavy atom. The van der Waals surface area contributed by atoms with E-state index in [1.54, 1.807) is 25.1 Å². The number of amides is 1. The first-order chi connectivity index (χ1) is 9.43. The number of aromatic nitrogens is 2. The molecule has 20 heavy (non-hydrogen) atoms. The van der Waals surface area contributed by atoms with E-state index in [2.05, 4.69) is 8.75 Å². The fourth-order valence-electron chi connectivity index (χ4n) is 1.71. The molecule has 1 aromatic heterocycles. The highest BCUT2D eigenvalue weighted by Gasteiger charge is 2.23. The Kier molecular flexibility index (Phi) is 4.47. The van der Waals surface area contributed by atoms with Crippen LogP contribution in [-0.4, -0.2) is 26.8 Å². The molecule has 2 aromatic rings. The third kappa shape index (κ3) is 2.72. The summed E-state index contributed by atoms with van der Waals surface area (Å²) < 4.78 is 8.35. The molecule has 0 aliphatic carbocycles. The third-order valence-corrected chi connectivity index (χ3v) is 4.15. The Morgan fingerprint density at radius 3 is 2.50 bits per heavy atom. The van der Waals surface area contributed by atoms with Crippen LogP contribution >= 0.6 is 34.9 Å².